The summed E-state index contributed by atoms with van der Waals surface area (Å²) in [6.07, 6.45) is -2.55. The zero-order chi connectivity index (χ0) is 22.8. The van der Waals surface area contributed by atoms with Gasteiger partial charge in [0.1, 0.15) is 5.41 Å². The number of primary amides is 1. The van der Waals surface area contributed by atoms with E-state index in [1.807, 2.05) is 35.2 Å². The third kappa shape index (κ3) is 4.03. The molecule has 3 N–H and O–H groups in total. The number of nitrogens with two attached hydrogens (primary N) is 1. The van der Waals surface area contributed by atoms with Gasteiger partial charge >= 0.3 is 6.18 Å². The number of carbonyl (C=O) groups excluding carboxylic acids is 1. The number of hydrogen-bond acceptors (Lipinski definition) is 4. The largest absolute Gasteiger partial charge is 0.406 e. The van der Waals surface area contributed by atoms with Gasteiger partial charge in [0.25, 0.3) is 0 Å². The number of carbonyl (C=O) groups is 1. The van der Waals surface area contributed by atoms with Gasteiger partial charge in [0.15, 0.2) is 0 Å². The Labute approximate surface area is 184 Å². The molecule has 1 atom stereocenters. The van der Waals surface area contributed by atoms with Crippen LogP contribution in [0.25, 0.3) is 11.1 Å². The Kier molecular flexibility index (Phi) is 6.08. The molecule has 4 rings (SSSR count). The summed E-state index contributed by atoms with van der Waals surface area (Å²) in [5, 5.41) is 2.86. The molecule has 1 unspecified atom stereocenters. The van der Waals surface area contributed by atoms with Crippen LogP contribution < -0.4 is 11.1 Å². The quantitative estimate of drug-likeness (QED) is 0.744. The van der Waals surface area contributed by atoms with Crippen molar-refractivity contribution in [3.05, 3.63) is 83.7 Å². The standard InChI is InChI=1S/C24H24F3N3O2/c25-24(26,27)23(19-8-4-7-18(15-19)17-5-2-1-3-6-17)9-10-29-20(21(23)22(28)31)16-30-11-13-32-14-12-30/h1-10,15,29H,11-14,16H2,(H2,28,31). The predicted molar refractivity (Wildman–Crippen MR) is 115 cm³/mol. The van der Waals surface area contributed by atoms with Crippen molar-refractivity contribution in [3.63, 3.8) is 0 Å². The normalized spacial score (nSPS) is 22.0. The second-order valence-corrected chi connectivity index (χ2v) is 7.84. The molecule has 168 valence electrons. The van der Waals surface area contributed by atoms with Crippen molar-refractivity contribution in [2.75, 3.05) is 32.8 Å². The maximum Gasteiger partial charge on any atom is 0.406 e. The van der Waals surface area contributed by atoms with Crippen molar-refractivity contribution in [1.82, 2.24) is 10.2 Å². The summed E-state index contributed by atoms with van der Waals surface area (Å²) < 4.78 is 49.8. The van der Waals surface area contributed by atoms with Gasteiger partial charge in [0.05, 0.1) is 18.8 Å². The van der Waals surface area contributed by atoms with Gasteiger partial charge in [-0.1, -0.05) is 48.5 Å². The van der Waals surface area contributed by atoms with Crippen molar-refractivity contribution in [2.24, 2.45) is 5.73 Å². The number of benzene rings is 2. The van der Waals surface area contributed by atoms with Crippen LogP contribution in [0.2, 0.25) is 0 Å². The molecule has 0 aliphatic carbocycles. The molecule has 0 aromatic heterocycles. The average molecular weight is 443 g/mol. The first-order valence-corrected chi connectivity index (χ1v) is 10.3. The van der Waals surface area contributed by atoms with E-state index in [0.717, 1.165) is 11.6 Å². The lowest BCUT2D eigenvalue weighted by Gasteiger charge is -2.39. The highest BCUT2D eigenvalue weighted by Crippen LogP contribution is 2.50. The Bertz CT molecular complexity index is 1040. The lowest BCUT2D eigenvalue weighted by atomic mass is 9.70. The number of allylic oxidation sites excluding steroid dienone is 1. The van der Waals surface area contributed by atoms with Crippen LogP contribution >= 0.6 is 0 Å². The third-order valence-electron chi connectivity index (χ3n) is 5.89. The molecule has 2 aromatic carbocycles. The molecule has 5 nitrogen and oxygen atoms in total. The van der Waals surface area contributed by atoms with E-state index in [0.29, 0.717) is 31.9 Å². The molecule has 2 heterocycles. The fourth-order valence-corrected chi connectivity index (χ4v) is 4.33. The Morgan fingerprint density at radius 1 is 1.06 bits per heavy atom. The first-order valence-electron chi connectivity index (χ1n) is 10.3. The van der Waals surface area contributed by atoms with E-state index in [4.69, 9.17) is 10.5 Å². The van der Waals surface area contributed by atoms with Crippen LogP contribution in [0.5, 0.6) is 0 Å². The summed E-state index contributed by atoms with van der Waals surface area (Å²) in [6, 6.07) is 15.3. The van der Waals surface area contributed by atoms with E-state index in [1.165, 1.54) is 18.3 Å². The van der Waals surface area contributed by atoms with Crippen LogP contribution in [0.15, 0.2) is 78.1 Å². The minimum absolute atomic E-state index is 0.0580. The van der Waals surface area contributed by atoms with Crippen LogP contribution in [0, 0.1) is 0 Å². The van der Waals surface area contributed by atoms with Crippen molar-refractivity contribution in [2.45, 2.75) is 11.6 Å². The number of amides is 1. The zero-order valence-corrected chi connectivity index (χ0v) is 17.4. The van der Waals surface area contributed by atoms with E-state index in [2.05, 4.69) is 5.32 Å². The molecule has 1 amide bonds. The second kappa shape index (κ2) is 8.80. The van der Waals surface area contributed by atoms with Crippen LogP contribution in [-0.4, -0.2) is 49.8 Å². The maximum absolute atomic E-state index is 14.8. The minimum Gasteiger partial charge on any atom is -0.379 e. The topological polar surface area (TPSA) is 67.6 Å². The number of alkyl halides is 3. The smallest absolute Gasteiger partial charge is 0.379 e. The third-order valence-corrected chi connectivity index (χ3v) is 5.89. The number of hydrogen-bond donors (Lipinski definition) is 2. The fourth-order valence-electron chi connectivity index (χ4n) is 4.33. The number of morpholine rings is 1. The van der Waals surface area contributed by atoms with Gasteiger partial charge < -0.3 is 15.8 Å². The van der Waals surface area contributed by atoms with Crippen molar-refractivity contribution in [3.8, 4) is 11.1 Å². The molecule has 2 aliphatic heterocycles. The van der Waals surface area contributed by atoms with Gasteiger partial charge in [0.2, 0.25) is 5.91 Å². The number of rotatable bonds is 5. The summed E-state index contributed by atoms with van der Waals surface area (Å²) >= 11 is 0. The molecule has 0 saturated carbocycles. The lowest BCUT2D eigenvalue weighted by molar-refractivity contribution is -0.168. The van der Waals surface area contributed by atoms with Gasteiger partial charge in [-0.25, -0.2) is 0 Å². The molecule has 0 spiro atoms. The molecule has 0 radical (unpaired) electrons. The lowest BCUT2D eigenvalue weighted by Crippen LogP contribution is -2.51. The molecule has 8 heteroatoms. The van der Waals surface area contributed by atoms with Crippen molar-refractivity contribution in [1.29, 1.82) is 0 Å². The Hall–Kier alpha value is -3.10. The van der Waals surface area contributed by atoms with E-state index in [-0.39, 0.29) is 17.8 Å². The van der Waals surface area contributed by atoms with Crippen LogP contribution in [-0.2, 0) is 14.9 Å². The summed E-state index contributed by atoms with van der Waals surface area (Å²) in [5.41, 5.74) is 3.97. The fraction of sp³-hybridized carbons (Fsp3) is 0.292. The van der Waals surface area contributed by atoms with Gasteiger partial charge in [0, 0.05) is 25.3 Å². The van der Waals surface area contributed by atoms with Crippen LogP contribution in [0.4, 0.5) is 13.2 Å². The number of nitrogens with one attached hydrogen (secondary N) is 1. The molecular formula is C24H24F3N3O2. The van der Waals surface area contributed by atoms with Gasteiger partial charge in [-0.2, -0.15) is 13.2 Å². The SMILES string of the molecule is NC(=O)C1=C(CN2CCOCC2)NC=CC1(c1cccc(-c2ccccc2)c1)C(F)(F)F. The predicted octanol–water partition coefficient (Wildman–Crippen LogP) is 3.34. The summed E-state index contributed by atoms with van der Waals surface area (Å²) in [6.45, 7) is 2.23. The van der Waals surface area contributed by atoms with Crippen LogP contribution in [0.1, 0.15) is 5.56 Å². The first kappa shape index (κ1) is 22.1. The molecule has 2 aromatic rings. The Morgan fingerprint density at radius 3 is 2.41 bits per heavy atom. The van der Waals surface area contributed by atoms with Crippen LogP contribution in [0.3, 0.4) is 0 Å². The molecule has 1 fully saturated rings. The average Bonchev–Trinajstić information content (AvgIpc) is 2.79. The molecule has 1 saturated heterocycles. The van der Waals surface area contributed by atoms with Crippen molar-refractivity contribution < 1.29 is 22.7 Å². The molecule has 0 bridgehead atoms. The van der Waals surface area contributed by atoms with Gasteiger partial charge in [-0.3, -0.25) is 9.69 Å². The monoisotopic (exact) mass is 443 g/mol. The Balaban J connectivity index is 1.87. The van der Waals surface area contributed by atoms with E-state index in [9.17, 15) is 18.0 Å². The maximum atomic E-state index is 14.8. The first-order chi connectivity index (χ1) is 15.3. The van der Waals surface area contributed by atoms with E-state index >= 15 is 0 Å². The highest BCUT2D eigenvalue weighted by atomic mass is 19.4. The highest BCUT2D eigenvalue weighted by Gasteiger charge is 2.60. The summed E-state index contributed by atoms with van der Waals surface area (Å²) in [7, 11) is 0. The second-order valence-electron chi connectivity index (χ2n) is 7.84. The number of ether oxygens (including phenoxy) is 1. The van der Waals surface area contributed by atoms with Gasteiger partial charge in [-0.05, 0) is 35.0 Å². The number of halogens is 3. The Morgan fingerprint density at radius 2 is 1.75 bits per heavy atom. The van der Waals surface area contributed by atoms with E-state index < -0.39 is 23.1 Å². The summed E-state index contributed by atoms with van der Waals surface area (Å²) in [4.78, 5) is 14.5. The summed E-state index contributed by atoms with van der Waals surface area (Å²) in [5.74, 6) is -1.10. The minimum atomic E-state index is -4.79. The van der Waals surface area contributed by atoms with Crippen molar-refractivity contribution >= 4 is 5.91 Å². The number of dihydropyridines is 1. The molecule has 32 heavy (non-hydrogen) atoms. The van der Waals surface area contributed by atoms with Gasteiger partial charge in [-0.15, -0.1) is 0 Å². The molecule has 2 aliphatic rings. The number of nitrogens with zero attached hydrogens (tertiary/aromatic N) is 1. The zero-order valence-electron chi connectivity index (χ0n) is 17.4. The van der Waals surface area contributed by atoms with E-state index in [1.54, 1.807) is 12.1 Å². The molecular weight excluding hydrogens is 419 g/mol. The highest BCUT2D eigenvalue weighted by molar-refractivity contribution is 5.97.